The van der Waals surface area contributed by atoms with Crippen LogP contribution in [0.3, 0.4) is 0 Å². The molecule has 1 heterocycles. The largest absolute Gasteiger partial charge is 0.492 e. The SMILES string of the molecule is Cc1ccnn1CCOc1ccc(N)cc1. The average Bonchev–Trinajstić information content (AvgIpc) is 2.68. The lowest BCUT2D eigenvalue weighted by Crippen LogP contribution is -2.10. The second-order valence-corrected chi connectivity index (χ2v) is 3.61. The standard InChI is InChI=1S/C12H15N3O/c1-10-6-7-14-15(10)8-9-16-12-4-2-11(13)3-5-12/h2-7H,8-9,13H2,1H3. The number of hydrogen-bond donors (Lipinski definition) is 1. The lowest BCUT2D eigenvalue weighted by atomic mass is 10.3. The van der Waals surface area contributed by atoms with Crippen LogP contribution >= 0.6 is 0 Å². The molecule has 1 aromatic heterocycles. The number of hydrogen-bond acceptors (Lipinski definition) is 3. The summed E-state index contributed by atoms with van der Waals surface area (Å²) in [7, 11) is 0. The van der Waals surface area contributed by atoms with Gasteiger partial charge in [-0.05, 0) is 37.3 Å². The second-order valence-electron chi connectivity index (χ2n) is 3.61. The fourth-order valence-corrected chi connectivity index (χ4v) is 1.45. The molecule has 0 unspecified atom stereocenters. The van der Waals surface area contributed by atoms with E-state index >= 15 is 0 Å². The highest BCUT2D eigenvalue weighted by Gasteiger charge is 1.97. The van der Waals surface area contributed by atoms with Crippen LogP contribution in [-0.2, 0) is 6.54 Å². The van der Waals surface area contributed by atoms with Crippen LogP contribution in [0.2, 0.25) is 0 Å². The molecule has 16 heavy (non-hydrogen) atoms. The number of rotatable bonds is 4. The van der Waals surface area contributed by atoms with Gasteiger partial charge >= 0.3 is 0 Å². The number of nitrogens with zero attached hydrogens (tertiary/aromatic N) is 2. The maximum atomic E-state index is 5.58. The van der Waals surface area contributed by atoms with Crippen molar-refractivity contribution in [3.63, 3.8) is 0 Å². The molecule has 4 nitrogen and oxygen atoms in total. The molecule has 0 aliphatic heterocycles. The third-order valence-corrected chi connectivity index (χ3v) is 2.38. The van der Waals surface area contributed by atoms with Crippen LogP contribution in [0, 0.1) is 6.92 Å². The number of aromatic nitrogens is 2. The van der Waals surface area contributed by atoms with Gasteiger partial charge in [0.2, 0.25) is 0 Å². The Morgan fingerprint density at radius 3 is 2.62 bits per heavy atom. The van der Waals surface area contributed by atoms with Crippen LogP contribution in [0.5, 0.6) is 5.75 Å². The maximum absolute atomic E-state index is 5.58. The highest BCUT2D eigenvalue weighted by molar-refractivity contribution is 5.41. The predicted molar refractivity (Wildman–Crippen MR) is 63.3 cm³/mol. The summed E-state index contributed by atoms with van der Waals surface area (Å²) in [5.41, 5.74) is 7.47. The summed E-state index contributed by atoms with van der Waals surface area (Å²) in [6, 6.07) is 9.36. The Bertz CT molecular complexity index is 448. The van der Waals surface area contributed by atoms with E-state index in [-0.39, 0.29) is 0 Å². The summed E-state index contributed by atoms with van der Waals surface area (Å²) in [6.07, 6.45) is 1.79. The Morgan fingerprint density at radius 1 is 1.25 bits per heavy atom. The van der Waals surface area contributed by atoms with Crippen LogP contribution in [0.4, 0.5) is 5.69 Å². The molecular formula is C12H15N3O. The monoisotopic (exact) mass is 217 g/mol. The van der Waals surface area contributed by atoms with Crippen LogP contribution in [0.15, 0.2) is 36.5 Å². The first-order valence-electron chi connectivity index (χ1n) is 5.22. The van der Waals surface area contributed by atoms with Gasteiger partial charge in [0, 0.05) is 17.6 Å². The first-order valence-corrected chi connectivity index (χ1v) is 5.22. The molecule has 1 aromatic carbocycles. The van der Waals surface area contributed by atoms with Crippen molar-refractivity contribution in [2.75, 3.05) is 12.3 Å². The zero-order chi connectivity index (χ0) is 11.4. The van der Waals surface area contributed by atoms with Crippen molar-refractivity contribution >= 4 is 5.69 Å². The zero-order valence-corrected chi connectivity index (χ0v) is 9.26. The van der Waals surface area contributed by atoms with E-state index in [0.717, 1.165) is 23.7 Å². The summed E-state index contributed by atoms with van der Waals surface area (Å²) in [5, 5.41) is 4.18. The number of aryl methyl sites for hydroxylation is 1. The topological polar surface area (TPSA) is 53.1 Å². The van der Waals surface area contributed by atoms with Crippen molar-refractivity contribution in [3.05, 3.63) is 42.2 Å². The van der Waals surface area contributed by atoms with Gasteiger partial charge in [0.1, 0.15) is 12.4 Å². The number of nitrogen functional groups attached to an aromatic ring is 1. The van der Waals surface area contributed by atoms with E-state index in [1.54, 1.807) is 6.20 Å². The van der Waals surface area contributed by atoms with E-state index in [1.165, 1.54) is 0 Å². The van der Waals surface area contributed by atoms with Gasteiger partial charge in [0.15, 0.2) is 0 Å². The molecule has 0 saturated carbocycles. The predicted octanol–water partition coefficient (Wildman–Crippen LogP) is 1.85. The molecule has 0 spiro atoms. The zero-order valence-electron chi connectivity index (χ0n) is 9.26. The van der Waals surface area contributed by atoms with Crippen LogP contribution in [0.1, 0.15) is 5.69 Å². The second kappa shape index (κ2) is 4.70. The number of ether oxygens (including phenoxy) is 1. The van der Waals surface area contributed by atoms with E-state index in [1.807, 2.05) is 41.9 Å². The minimum atomic E-state index is 0.604. The summed E-state index contributed by atoms with van der Waals surface area (Å²) < 4.78 is 7.49. The van der Waals surface area contributed by atoms with Crippen molar-refractivity contribution < 1.29 is 4.74 Å². The molecular weight excluding hydrogens is 202 g/mol. The Labute approximate surface area is 94.6 Å². The molecule has 0 fully saturated rings. The van der Waals surface area contributed by atoms with Crippen molar-refractivity contribution in [1.29, 1.82) is 0 Å². The first kappa shape index (κ1) is 10.5. The van der Waals surface area contributed by atoms with Crippen LogP contribution in [0.25, 0.3) is 0 Å². The molecule has 2 rings (SSSR count). The molecule has 2 aromatic rings. The minimum Gasteiger partial charge on any atom is -0.492 e. The van der Waals surface area contributed by atoms with Crippen molar-refractivity contribution in [1.82, 2.24) is 9.78 Å². The fraction of sp³-hybridized carbons (Fsp3) is 0.250. The summed E-state index contributed by atoms with van der Waals surface area (Å²) in [5.74, 6) is 0.832. The molecule has 4 heteroatoms. The minimum absolute atomic E-state index is 0.604. The number of benzene rings is 1. The number of anilines is 1. The molecule has 0 saturated heterocycles. The van der Waals surface area contributed by atoms with E-state index < -0.39 is 0 Å². The average molecular weight is 217 g/mol. The van der Waals surface area contributed by atoms with Crippen molar-refractivity contribution in [3.8, 4) is 5.75 Å². The summed E-state index contributed by atoms with van der Waals surface area (Å²) in [4.78, 5) is 0. The van der Waals surface area contributed by atoms with E-state index in [9.17, 15) is 0 Å². The number of nitrogens with two attached hydrogens (primary N) is 1. The molecule has 84 valence electrons. The molecule has 0 bridgehead atoms. The molecule has 0 aliphatic carbocycles. The summed E-state index contributed by atoms with van der Waals surface area (Å²) >= 11 is 0. The van der Waals surface area contributed by atoms with Crippen LogP contribution < -0.4 is 10.5 Å². The van der Waals surface area contributed by atoms with E-state index in [0.29, 0.717) is 6.61 Å². The molecule has 2 N–H and O–H groups in total. The van der Waals surface area contributed by atoms with Gasteiger partial charge in [0.25, 0.3) is 0 Å². The highest BCUT2D eigenvalue weighted by atomic mass is 16.5. The Hall–Kier alpha value is -1.97. The van der Waals surface area contributed by atoms with E-state index in [4.69, 9.17) is 10.5 Å². The molecule has 0 aliphatic rings. The highest BCUT2D eigenvalue weighted by Crippen LogP contribution is 2.12. The van der Waals surface area contributed by atoms with Gasteiger partial charge < -0.3 is 10.5 Å². The molecule has 0 amide bonds. The Balaban J connectivity index is 1.84. The third-order valence-electron chi connectivity index (χ3n) is 2.38. The smallest absolute Gasteiger partial charge is 0.119 e. The molecule has 0 atom stereocenters. The van der Waals surface area contributed by atoms with Crippen molar-refractivity contribution in [2.45, 2.75) is 13.5 Å². The van der Waals surface area contributed by atoms with Gasteiger partial charge in [0.05, 0.1) is 6.54 Å². The van der Waals surface area contributed by atoms with Gasteiger partial charge in [-0.15, -0.1) is 0 Å². The quantitative estimate of drug-likeness (QED) is 0.795. The fourth-order valence-electron chi connectivity index (χ4n) is 1.45. The normalized spacial score (nSPS) is 10.3. The first-order chi connectivity index (χ1) is 7.75. The van der Waals surface area contributed by atoms with Crippen LogP contribution in [-0.4, -0.2) is 16.4 Å². The van der Waals surface area contributed by atoms with Gasteiger partial charge in [-0.3, -0.25) is 4.68 Å². The Morgan fingerprint density at radius 2 is 2.00 bits per heavy atom. The van der Waals surface area contributed by atoms with Gasteiger partial charge in [-0.2, -0.15) is 5.10 Å². The molecule has 0 radical (unpaired) electrons. The van der Waals surface area contributed by atoms with E-state index in [2.05, 4.69) is 5.10 Å². The van der Waals surface area contributed by atoms with Gasteiger partial charge in [-0.25, -0.2) is 0 Å². The van der Waals surface area contributed by atoms with Crippen molar-refractivity contribution in [2.24, 2.45) is 0 Å². The lowest BCUT2D eigenvalue weighted by Gasteiger charge is -2.07. The Kier molecular flexibility index (Phi) is 3.10. The van der Waals surface area contributed by atoms with Gasteiger partial charge in [-0.1, -0.05) is 0 Å². The third kappa shape index (κ3) is 2.53. The summed E-state index contributed by atoms with van der Waals surface area (Å²) in [6.45, 7) is 3.38. The lowest BCUT2D eigenvalue weighted by molar-refractivity contribution is 0.290. The maximum Gasteiger partial charge on any atom is 0.119 e.